The largest absolute Gasteiger partial charge is 0.288 e. The molecule has 0 unspecified atom stereocenters. The molecule has 0 radical (unpaired) electrons. The Hall–Kier alpha value is -1.00. The Kier molecular flexibility index (Phi) is 3.21. The molecule has 1 aromatic heterocycles. The van der Waals surface area contributed by atoms with E-state index in [1.807, 2.05) is 13.0 Å². The molecule has 82 valence electrons. The number of carbonyl (C=O) groups excluding carboxylic acids is 1. The molecule has 1 nitrogen and oxygen atoms in total. The van der Waals surface area contributed by atoms with Crippen LogP contribution >= 0.6 is 27.3 Å². The molecule has 0 N–H and O–H groups in total. The molecule has 2 rings (SSSR count). The van der Waals surface area contributed by atoms with E-state index < -0.39 is 5.82 Å². The van der Waals surface area contributed by atoms with Crippen LogP contribution in [0.3, 0.4) is 0 Å². The summed E-state index contributed by atoms with van der Waals surface area (Å²) in [7, 11) is 0. The summed E-state index contributed by atoms with van der Waals surface area (Å²) < 4.78 is 13.6. The van der Waals surface area contributed by atoms with Gasteiger partial charge in [0.05, 0.1) is 9.35 Å². The van der Waals surface area contributed by atoms with Gasteiger partial charge in [-0.3, -0.25) is 4.79 Å². The van der Waals surface area contributed by atoms with E-state index in [-0.39, 0.29) is 5.78 Å². The molecule has 4 heteroatoms. The normalized spacial score (nSPS) is 10.4. The molecule has 1 heterocycles. The SMILES string of the molecule is Cc1ccc(C(=O)c2ccc(Br)c(F)c2)s1. The number of hydrogen-bond acceptors (Lipinski definition) is 2. The van der Waals surface area contributed by atoms with Gasteiger partial charge in [-0.05, 0) is 53.2 Å². The summed E-state index contributed by atoms with van der Waals surface area (Å²) in [5, 5.41) is 0. The average molecular weight is 299 g/mol. The highest BCUT2D eigenvalue weighted by Crippen LogP contribution is 2.22. The number of halogens is 2. The maximum absolute atomic E-state index is 13.3. The van der Waals surface area contributed by atoms with Crippen LogP contribution in [0.5, 0.6) is 0 Å². The van der Waals surface area contributed by atoms with Crippen LogP contribution in [0.15, 0.2) is 34.8 Å². The topological polar surface area (TPSA) is 17.1 Å². The number of carbonyl (C=O) groups is 1. The number of thiophene rings is 1. The van der Waals surface area contributed by atoms with Crippen molar-refractivity contribution in [1.29, 1.82) is 0 Å². The molecule has 1 aromatic carbocycles. The fourth-order valence-corrected chi connectivity index (χ4v) is 2.41. The van der Waals surface area contributed by atoms with Gasteiger partial charge < -0.3 is 0 Å². The molecule has 0 saturated heterocycles. The summed E-state index contributed by atoms with van der Waals surface area (Å²) in [5.41, 5.74) is 0.377. The van der Waals surface area contributed by atoms with Gasteiger partial charge in [-0.25, -0.2) is 4.39 Å². The number of benzene rings is 1. The van der Waals surface area contributed by atoms with Gasteiger partial charge in [0.2, 0.25) is 5.78 Å². The highest BCUT2D eigenvalue weighted by Gasteiger charge is 2.12. The van der Waals surface area contributed by atoms with Crippen LogP contribution in [0.25, 0.3) is 0 Å². The van der Waals surface area contributed by atoms with Crippen molar-refractivity contribution in [1.82, 2.24) is 0 Å². The standard InChI is InChI=1S/C12H8BrFOS/c1-7-2-5-11(16-7)12(15)8-3-4-9(13)10(14)6-8/h2-6H,1H3. The quantitative estimate of drug-likeness (QED) is 0.760. The molecule has 0 aliphatic rings. The lowest BCUT2D eigenvalue weighted by Gasteiger charge is -1.99. The van der Waals surface area contributed by atoms with Crippen molar-refractivity contribution < 1.29 is 9.18 Å². The minimum atomic E-state index is -0.417. The molecule has 2 aromatic rings. The Bertz CT molecular complexity index is 548. The van der Waals surface area contributed by atoms with E-state index in [9.17, 15) is 9.18 Å². The molecule has 16 heavy (non-hydrogen) atoms. The van der Waals surface area contributed by atoms with Crippen molar-refractivity contribution >= 4 is 33.0 Å². The number of ketones is 1. The third-order valence-corrected chi connectivity index (χ3v) is 3.79. The van der Waals surface area contributed by atoms with Crippen LogP contribution in [-0.2, 0) is 0 Å². The second kappa shape index (κ2) is 4.47. The molecular formula is C12H8BrFOS. The summed E-state index contributed by atoms with van der Waals surface area (Å²) in [5.74, 6) is -0.552. The Morgan fingerprint density at radius 1 is 1.31 bits per heavy atom. The summed E-state index contributed by atoms with van der Waals surface area (Å²) in [4.78, 5) is 13.7. The Morgan fingerprint density at radius 2 is 2.06 bits per heavy atom. The van der Waals surface area contributed by atoms with Crippen LogP contribution in [-0.4, -0.2) is 5.78 Å². The third kappa shape index (κ3) is 2.23. The number of rotatable bonds is 2. The third-order valence-electron chi connectivity index (χ3n) is 2.15. The van der Waals surface area contributed by atoms with Crippen LogP contribution < -0.4 is 0 Å². The van der Waals surface area contributed by atoms with Gasteiger partial charge in [-0.15, -0.1) is 11.3 Å². The van der Waals surface area contributed by atoms with Crippen LogP contribution in [0.2, 0.25) is 0 Å². The Morgan fingerprint density at radius 3 is 2.62 bits per heavy atom. The molecule has 0 saturated carbocycles. The first-order valence-electron chi connectivity index (χ1n) is 4.64. The molecule has 0 atom stereocenters. The van der Waals surface area contributed by atoms with Gasteiger partial charge in [0.25, 0.3) is 0 Å². The Labute approximate surface area is 105 Å². The summed E-state index contributed by atoms with van der Waals surface area (Å²) in [6.07, 6.45) is 0. The fraction of sp³-hybridized carbons (Fsp3) is 0.0833. The second-order valence-corrected chi connectivity index (χ2v) is 5.51. The van der Waals surface area contributed by atoms with E-state index >= 15 is 0 Å². The van der Waals surface area contributed by atoms with Crippen molar-refractivity contribution in [2.24, 2.45) is 0 Å². The molecule has 0 aliphatic carbocycles. The smallest absolute Gasteiger partial charge is 0.203 e. The lowest BCUT2D eigenvalue weighted by atomic mass is 10.1. The fourth-order valence-electron chi connectivity index (χ4n) is 1.34. The van der Waals surface area contributed by atoms with E-state index in [0.29, 0.717) is 14.9 Å². The van der Waals surface area contributed by atoms with Crippen LogP contribution in [0.4, 0.5) is 4.39 Å². The van der Waals surface area contributed by atoms with Gasteiger partial charge in [-0.2, -0.15) is 0 Å². The van der Waals surface area contributed by atoms with Crippen molar-refractivity contribution in [3.63, 3.8) is 0 Å². The zero-order valence-corrected chi connectivity index (χ0v) is 10.9. The van der Waals surface area contributed by atoms with Crippen LogP contribution in [0.1, 0.15) is 20.1 Å². The zero-order chi connectivity index (χ0) is 11.7. The summed E-state index contributed by atoms with van der Waals surface area (Å²) in [6.45, 7) is 1.93. The number of aryl methyl sites for hydroxylation is 1. The van der Waals surface area contributed by atoms with Crippen molar-refractivity contribution in [3.8, 4) is 0 Å². The Balaban J connectivity index is 2.38. The number of hydrogen-bond donors (Lipinski definition) is 0. The van der Waals surface area contributed by atoms with E-state index in [4.69, 9.17) is 0 Å². The van der Waals surface area contributed by atoms with E-state index in [1.165, 1.54) is 17.4 Å². The first kappa shape index (κ1) is 11.5. The predicted molar refractivity (Wildman–Crippen MR) is 66.6 cm³/mol. The van der Waals surface area contributed by atoms with Crippen molar-refractivity contribution in [2.45, 2.75) is 6.92 Å². The zero-order valence-electron chi connectivity index (χ0n) is 8.46. The van der Waals surface area contributed by atoms with Gasteiger partial charge in [0.15, 0.2) is 0 Å². The molecule has 0 fully saturated rings. The maximum atomic E-state index is 13.3. The van der Waals surface area contributed by atoms with Crippen molar-refractivity contribution in [3.05, 3.63) is 55.9 Å². The highest BCUT2D eigenvalue weighted by atomic mass is 79.9. The summed E-state index contributed by atoms with van der Waals surface area (Å²) in [6, 6.07) is 8.06. The van der Waals surface area contributed by atoms with Gasteiger partial charge in [-0.1, -0.05) is 0 Å². The van der Waals surface area contributed by atoms with E-state index in [1.54, 1.807) is 18.2 Å². The molecule has 0 spiro atoms. The minimum Gasteiger partial charge on any atom is -0.288 e. The first-order valence-corrected chi connectivity index (χ1v) is 6.25. The molecule has 0 amide bonds. The van der Waals surface area contributed by atoms with E-state index in [0.717, 1.165) is 4.88 Å². The summed E-state index contributed by atoms with van der Waals surface area (Å²) >= 11 is 4.47. The molecule has 0 aliphatic heterocycles. The lowest BCUT2D eigenvalue weighted by Crippen LogP contribution is -1.99. The predicted octanol–water partition coefficient (Wildman–Crippen LogP) is 4.19. The monoisotopic (exact) mass is 298 g/mol. The van der Waals surface area contributed by atoms with Gasteiger partial charge in [0.1, 0.15) is 5.82 Å². The lowest BCUT2D eigenvalue weighted by molar-refractivity contribution is 0.104. The highest BCUT2D eigenvalue weighted by molar-refractivity contribution is 9.10. The minimum absolute atomic E-state index is 0.135. The maximum Gasteiger partial charge on any atom is 0.203 e. The van der Waals surface area contributed by atoms with Gasteiger partial charge in [0, 0.05) is 10.4 Å². The van der Waals surface area contributed by atoms with Crippen LogP contribution in [0, 0.1) is 12.7 Å². The first-order chi connectivity index (χ1) is 7.58. The van der Waals surface area contributed by atoms with Crippen molar-refractivity contribution in [2.75, 3.05) is 0 Å². The van der Waals surface area contributed by atoms with Gasteiger partial charge >= 0.3 is 0 Å². The molecular weight excluding hydrogens is 291 g/mol. The molecule has 0 bridgehead atoms. The van der Waals surface area contributed by atoms with E-state index in [2.05, 4.69) is 15.9 Å². The second-order valence-electron chi connectivity index (χ2n) is 3.37. The average Bonchev–Trinajstić information content (AvgIpc) is 2.68.